The minimum Gasteiger partial charge on any atom is -0.375 e. The summed E-state index contributed by atoms with van der Waals surface area (Å²) in [5.74, 6) is -0.0948. The van der Waals surface area contributed by atoms with Gasteiger partial charge < -0.3 is 15.8 Å². The molecule has 3 N–H and O–H groups in total. The lowest BCUT2D eigenvalue weighted by Gasteiger charge is -2.36. The Morgan fingerprint density at radius 2 is 2.44 bits per heavy atom. The molecule has 0 saturated carbocycles. The van der Waals surface area contributed by atoms with Gasteiger partial charge in [-0.2, -0.15) is 0 Å². The Balaban J connectivity index is 2.41. The smallest absolute Gasteiger partial charge is 0.237 e. The Morgan fingerprint density at radius 1 is 1.75 bits per heavy atom. The molecular formula is C12H22N2O2. The third-order valence-electron chi connectivity index (χ3n) is 2.80. The topological polar surface area (TPSA) is 64.4 Å². The third kappa shape index (κ3) is 3.94. The SMILES string of the molecule is C=CCC(N)C(=O)NC1CCOC(C)(C)C1. The van der Waals surface area contributed by atoms with Crippen molar-refractivity contribution in [3.05, 3.63) is 12.7 Å². The van der Waals surface area contributed by atoms with Crippen molar-refractivity contribution in [1.82, 2.24) is 5.32 Å². The van der Waals surface area contributed by atoms with Crippen LogP contribution >= 0.6 is 0 Å². The lowest BCUT2D eigenvalue weighted by molar-refractivity contribution is -0.125. The summed E-state index contributed by atoms with van der Waals surface area (Å²) in [6.07, 6.45) is 3.87. The second kappa shape index (κ2) is 5.46. The van der Waals surface area contributed by atoms with Crippen molar-refractivity contribution in [2.24, 2.45) is 5.73 Å². The van der Waals surface area contributed by atoms with Crippen molar-refractivity contribution >= 4 is 5.91 Å². The molecule has 0 bridgehead atoms. The fraction of sp³-hybridized carbons (Fsp3) is 0.750. The molecule has 1 fully saturated rings. The van der Waals surface area contributed by atoms with Crippen LogP contribution in [-0.2, 0) is 9.53 Å². The average Bonchev–Trinajstić information content (AvgIpc) is 2.16. The quantitative estimate of drug-likeness (QED) is 0.702. The Bertz CT molecular complexity index is 264. The summed E-state index contributed by atoms with van der Waals surface area (Å²) in [5.41, 5.74) is 5.54. The molecule has 0 aromatic carbocycles. The van der Waals surface area contributed by atoms with Crippen molar-refractivity contribution in [3.8, 4) is 0 Å². The van der Waals surface area contributed by atoms with E-state index in [0.717, 1.165) is 12.8 Å². The minimum atomic E-state index is -0.483. The Morgan fingerprint density at radius 3 is 3.00 bits per heavy atom. The maximum atomic E-state index is 11.7. The number of ether oxygens (including phenoxy) is 1. The van der Waals surface area contributed by atoms with E-state index in [0.29, 0.717) is 13.0 Å². The highest BCUT2D eigenvalue weighted by Gasteiger charge is 2.30. The normalized spacial score (nSPS) is 25.8. The van der Waals surface area contributed by atoms with Gasteiger partial charge in [0.25, 0.3) is 0 Å². The first-order chi connectivity index (χ1) is 7.44. The van der Waals surface area contributed by atoms with Crippen LogP contribution in [0.4, 0.5) is 0 Å². The molecule has 1 amide bonds. The highest BCUT2D eigenvalue weighted by molar-refractivity contribution is 5.81. The summed E-state index contributed by atoms with van der Waals surface area (Å²) in [4.78, 5) is 11.7. The van der Waals surface area contributed by atoms with Gasteiger partial charge in [-0.05, 0) is 33.1 Å². The van der Waals surface area contributed by atoms with Crippen LogP contribution in [0.5, 0.6) is 0 Å². The summed E-state index contributed by atoms with van der Waals surface area (Å²) >= 11 is 0. The first kappa shape index (κ1) is 13.2. The first-order valence-corrected chi connectivity index (χ1v) is 5.75. The molecule has 2 unspecified atom stereocenters. The molecular weight excluding hydrogens is 204 g/mol. The first-order valence-electron chi connectivity index (χ1n) is 5.75. The second-order valence-electron chi connectivity index (χ2n) is 4.94. The Hall–Kier alpha value is -0.870. The molecule has 1 aliphatic heterocycles. The van der Waals surface area contributed by atoms with Crippen molar-refractivity contribution in [2.75, 3.05) is 6.61 Å². The Labute approximate surface area is 97.2 Å². The molecule has 0 aromatic heterocycles. The molecule has 2 atom stereocenters. The number of hydrogen-bond acceptors (Lipinski definition) is 3. The van der Waals surface area contributed by atoms with Crippen LogP contribution in [0.25, 0.3) is 0 Å². The van der Waals surface area contributed by atoms with Gasteiger partial charge in [0.2, 0.25) is 5.91 Å². The zero-order chi connectivity index (χ0) is 12.2. The lowest BCUT2D eigenvalue weighted by atomic mass is 9.93. The highest BCUT2D eigenvalue weighted by Crippen LogP contribution is 2.23. The van der Waals surface area contributed by atoms with Gasteiger partial charge in [0.05, 0.1) is 11.6 Å². The zero-order valence-electron chi connectivity index (χ0n) is 10.2. The van der Waals surface area contributed by atoms with Gasteiger partial charge in [-0.1, -0.05) is 6.08 Å². The number of carbonyl (C=O) groups excluding carboxylic acids is 1. The number of carbonyl (C=O) groups is 1. The van der Waals surface area contributed by atoms with Crippen LogP contribution in [0.3, 0.4) is 0 Å². The summed E-state index contributed by atoms with van der Waals surface area (Å²) < 4.78 is 5.59. The number of amides is 1. The van der Waals surface area contributed by atoms with Crippen LogP contribution < -0.4 is 11.1 Å². The molecule has 1 aliphatic rings. The molecule has 4 heteroatoms. The molecule has 0 aliphatic carbocycles. The molecule has 0 radical (unpaired) electrons. The minimum absolute atomic E-state index is 0.0948. The molecule has 0 aromatic rings. The summed E-state index contributed by atoms with van der Waals surface area (Å²) in [6.45, 7) is 8.34. The van der Waals surface area contributed by atoms with E-state index < -0.39 is 6.04 Å². The third-order valence-corrected chi connectivity index (χ3v) is 2.80. The molecule has 1 heterocycles. The molecule has 4 nitrogen and oxygen atoms in total. The van der Waals surface area contributed by atoms with Gasteiger partial charge >= 0.3 is 0 Å². The summed E-state index contributed by atoms with van der Waals surface area (Å²) in [5, 5.41) is 2.97. The van der Waals surface area contributed by atoms with Gasteiger partial charge in [-0.15, -0.1) is 6.58 Å². The van der Waals surface area contributed by atoms with Crippen molar-refractivity contribution in [3.63, 3.8) is 0 Å². The number of nitrogens with two attached hydrogens (primary N) is 1. The maximum absolute atomic E-state index is 11.7. The number of hydrogen-bond donors (Lipinski definition) is 2. The summed E-state index contributed by atoms with van der Waals surface area (Å²) in [7, 11) is 0. The van der Waals surface area contributed by atoms with Crippen molar-refractivity contribution in [1.29, 1.82) is 0 Å². The fourth-order valence-corrected chi connectivity index (χ4v) is 1.95. The van der Waals surface area contributed by atoms with E-state index in [2.05, 4.69) is 11.9 Å². The predicted molar refractivity (Wildman–Crippen MR) is 64.0 cm³/mol. The molecule has 1 saturated heterocycles. The Kier molecular flexibility index (Phi) is 4.50. The van der Waals surface area contributed by atoms with E-state index in [9.17, 15) is 4.79 Å². The van der Waals surface area contributed by atoms with Gasteiger partial charge in [0, 0.05) is 12.6 Å². The summed E-state index contributed by atoms with van der Waals surface area (Å²) in [6, 6.07) is -0.310. The van der Waals surface area contributed by atoms with E-state index in [4.69, 9.17) is 10.5 Å². The van der Waals surface area contributed by atoms with Crippen LogP contribution in [-0.4, -0.2) is 30.2 Å². The van der Waals surface area contributed by atoms with Gasteiger partial charge in [-0.3, -0.25) is 4.79 Å². The van der Waals surface area contributed by atoms with E-state index in [-0.39, 0.29) is 17.6 Å². The van der Waals surface area contributed by atoms with Crippen LogP contribution in [0.2, 0.25) is 0 Å². The molecule has 0 spiro atoms. The predicted octanol–water partition coefficient (Wildman–Crippen LogP) is 0.964. The van der Waals surface area contributed by atoms with Crippen molar-refractivity contribution in [2.45, 2.75) is 50.8 Å². The van der Waals surface area contributed by atoms with Crippen LogP contribution in [0.1, 0.15) is 33.1 Å². The monoisotopic (exact) mass is 226 g/mol. The van der Waals surface area contributed by atoms with Gasteiger partial charge in [-0.25, -0.2) is 0 Å². The van der Waals surface area contributed by atoms with Crippen LogP contribution in [0.15, 0.2) is 12.7 Å². The zero-order valence-corrected chi connectivity index (χ0v) is 10.2. The molecule has 1 rings (SSSR count). The largest absolute Gasteiger partial charge is 0.375 e. The fourth-order valence-electron chi connectivity index (χ4n) is 1.95. The molecule has 16 heavy (non-hydrogen) atoms. The second-order valence-corrected chi connectivity index (χ2v) is 4.94. The standard InChI is InChI=1S/C12H22N2O2/c1-4-5-10(13)11(15)14-9-6-7-16-12(2,3)8-9/h4,9-10H,1,5-8,13H2,2-3H3,(H,14,15). The highest BCUT2D eigenvalue weighted by atomic mass is 16.5. The van der Waals surface area contributed by atoms with E-state index >= 15 is 0 Å². The van der Waals surface area contributed by atoms with E-state index in [1.54, 1.807) is 6.08 Å². The molecule has 92 valence electrons. The average molecular weight is 226 g/mol. The van der Waals surface area contributed by atoms with Gasteiger partial charge in [0.15, 0.2) is 0 Å². The lowest BCUT2D eigenvalue weighted by Crippen LogP contribution is -2.50. The van der Waals surface area contributed by atoms with Crippen LogP contribution in [0, 0.1) is 0 Å². The van der Waals surface area contributed by atoms with E-state index in [1.165, 1.54) is 0 Å². The number of rotatable bonds is 4. The van der Waals surface area contributed by atoms with Crippen molar-refractivity contribution < 1.29 is 9.53 Å². The van der Waals surface area contributed by atoms with E-state index in [1.807, 2.05) is 13.8 Å². The maximum Gasteiger partial charge on any atom is 0.237 e. The van der Waals surface area contributed by atoms with Gasteiger partial charge in [0.1, 0.15) is 0 Å². The number of nitrogens with one attached hydrogen (secondary N) is 1.